The predicted molar refractivity (Wildman–Crippen MR) is 121 cm³/mol. The molecule has 0 saturated heterocycles. The number of benzene rings is 1. The van der Waals surface area contributed by atoms with Crippen LogP contribution >= 0.6 is 23.1 Å². The standard InChI is InChI=1S/C22H23N3O3S2/c1-29-19-9-15(8-18(19)26)25-22-17(10-23-13-24-22)21(27)20-7-14(12-30-20)11-28-16-5-3-2-4-6-16/h2-7,10,12-13,15,18-19,26H,8-9,11H2,1H3,(H,23,24,25)/t15-,18+,19-/m1/s1. The van der Waals surface area contributed by atoms with Crippen molar-refractivity contribution < 1.29 is 14.6 Å². The molecule has 2 aromatic heterocycles. The van der Waals surface area contributed by atoms with Crippen LogP contribution in [0.1, 0.15) is 33.6 Å². The molecule has 1 fully saturated rings. The third-order valence-electron chi connectivity index (χ3n) is 5.10. The minimum absolute atomic E-state index is 0.0806. The van der Waals surface area contributed by atoms with Gasteiger partial charge in [-0.25, -0.2) is 9.97 Å². The summed E-state index contributed by atoms with van der Waals surface area (Å²) < 4.78 is 5.77. The molecule has 1 aliphatic carbocycles. The molecule has 1 aromatic carbocycles. The molecule has 0 unspecified atom stereocenters. The van der Waals surface area contributed by atoms with Crippen LogP contribution in [-0.4, -0.2) is 44.5 Å². The van der Waals surface area contributed by atoms with Crippen LogP contribution in [0, 0.1) is 0 Å². The Morgan fingerprint density at radius 1 is 1.33 bits per heavy atom. The summed E-state index contributed by atoms with van der Waals surface area (Å²) in [6, 6.07) is 11.5. The quantitative estimate of drug-likeness (QED) is 0.511. The van der Waals surface area contributed by atoms with E-state index in [1.807, 2.05) is 48.0 Å². The molecule has 4 rings (SSSR count). The number of aliphatic hydroxyl groups excluding tert-OH is 1. The lowest BCUT2D eigenvalue weighted by Gasteiger charge is -2.15. The summed E-state index contributed by atoms with van der Waals surface area (Å²) in [5, 5.41) is 15.6. The van der Waals surface area contributed by atoms with Gasteiger partial charge >= 0.3 is 0 Å². The molecule has 6 nitrogen and oxygen atoms in total. The second-order valence-electron chi connectivity index (χ2n) is 7.19. The van der Waals surface area contributed by atoms with Gasteiger partial charge in [0.15, 0.2) is 0 Å². The summed E-state index contributed by atoms with van der Waals surface area (Å²) in [6.07, 6.45) is 6.12. The number of rotatable bonds is 8. The molecule has 3 atom stereocenters. The fourth-order valence-electron chi connectivity index (χ4n) is 3.54. The van der Waals surface area contributed by atoms with E-state index in [1.54, 1.807) is 18.0 Å². The summed E-state index contributed by atoms with van der Waals surface area (Å²) >= 11 is 3.06. The number of ketones is 1. The van der Waals surface area contributed by atoms with Crippen molar-refractivity contribution in [2.24, 2.45) is 0 Å². The van der Waals surface area contributed by atoms with E-state index in [0.29, 0.717) is 29.3 Å². The highest BCUT2D eigenvalue weighted by Crippen LogP contribution is 2.31. The number of hydrogen-bond acceptors (Lipinski definition) is 8. The van der Waals surface area contributed by atoms with E-state index < -0.39 is 0 Å². The van der Waals surface area contributed by atoms with E-state index in [-0.39, 0.29) is 23.2 Å². The van der Waals surface area contributed by atoms with Crippen molar-refractivity contribution in [3.63, 3.8) is 0 Å². The Balaban J connectivity index is 1.44. The molecule has 2 N–H and O–H groups in total. The maximum Gasteiger partial charge on any atom is 0.208 e. The lowest BCUT2D eigenvalue weighted by molar-refractivity contribution is 0.104. The maximum absolute atomic E-state index is 13.1. The van der Waals surface area contributed by atoms with E-state index in [0.717, 1.165) is 17.7 Å². The van der Waals surface area contributed by atoms with Crippen LogP contribution in [0.3, 0.4) is 0 Å². The van der Waals surface area contributed by atoms with Crippen LogP contribution in [0.25, 0.3) is 0 Å². The van der Waals surface area contributed by atoms with E-state index in [2.05, 4.69) is 15.3 Å². The number of ether oxygens (including phenoxy) is 1. The second kappa shape index (κ2) is 9.59. The lowest BCUT2D eigenvalue weighted by Crippen LogP contribution is -2.20. The third-order valence-corrected chi connectivity index (χ3v) is 7.19. The molecule has 2 heterocycles. The average Bonchev–Trinajstić information content (AvgIpc) is 3.39. The van der Waals surface area contributed by atoms with Gasteiger partial charge in [-0.05, 0) is 42.7 Å². The molecule has 8 heteroatoms. The normalized spacial score (nSPS) is 20.8. The van der Waals surface area contributed by atoms with Crippen molar-refractivity contribution in [2.75, 3.05) is 11.6 Å². The summed E-state index contributed by atoms with van der Waals surface area (Å²) in [7, 11) is 0. The fraction of sp³-hybridized carbons (Fsp3) is 0.318. The predicted octanol–water partition coefficient (Wildman–Crippen LogP) is 4.01. The van der Waals surface area contributed by atoms with Crippen molar-refractivity contribution in [3.05, 3.63) is 70.3 Å². The Hall–Kier alpha value is -2.42. The minimum atomic E-state index is -0.344. The van der Waals surface area contributed by atoms with Gasteiger partial charge in [0.1, 0.15) is 24.5 Å². The van der Waals surface area contributed by atoms with Crippen molar-refractivity contribution in [2.45, 2.75) is 36.8 Å². The zero-order valence-electron chi connectivity index (χ0n) is 16.5. The highest BCUT2D eigenvalue weighted by molar-refractivity contribution is 7.99. The molecule has 1 aliphatic rings. The number of para-hydroxylation sites is 1. The molecule has 0 bridgehead atoms. The molecule has 30 heavy (non-hydrogen) atoms. The van der Waals surface area contributed by atoms with Crippen LogP contribution in [-0.2, 0) is 6.61 Å². The fourth-order valence-corrected chi connectivity index (χ4v) is 5.24. The minimum Gasteiger partial charge on any atom is -0.489 e. The molecular weight excluding hydrogens is 418 g/mol. The van der Waals surface area contributed by atoms with Gasteiger partial charge in [0.05, 0.1) is 16.5 Å². The van der Waals surface area contributed by atoms with Gasteiger partial charge in [0.2, 0.25) is 5.78 Å². The zero-order chi connectivity index (χ0) is 20.9. The number of thioether (sulfide) groups is 1. The summed E-state index contributed by atoms with van der Waals surface area (Å²) in [5.41, 5.74) is 1.39. The number of nitrogens with one attached hydrogen (secondary N) is 1. The van der Waals surface area contributed by atoms with Gasteiger partial charge in [-0.1, -0.05) is 18.2 Å². The van der Waals surface area contributed by atoms with E-state index in [4.69, 9.17) is 4.74 Å². The lowest BCUT2D eigenvalue weighted by atomic mass is 10.1. The van der Waals surface area contributed by atoms with Gasteiger partial charge in [-0.15, -0.1) is 11.3 Å². The highest BCUT2D eigenvalue weighted by atomic mass is 32.2. The second-order valence-corrected chi connectivity index (χ2v) is 9.18. The number of hydrogen-bond donors (Lipinski definition) is 2. The van der Waals surface area contributed by atoms with Crippen LogP contribution in [0.2, 0.25) is 0 Å². The molecule has 0 spiro atoms. The Kier molecular flexibility index (Phi) is 6.66. The average molecular weight is 442 g/mol. The van der Waals surface area contributed by atoms with Gasteiger partial charge in [-0.2, -0.15) is 11.8 Å². The number of aliphatic hydroxyl groups is 1. The first kappa shape index (κ1) is 20.8. The van der Waals surface area contributed by atoms with Crippen molar-refractivity contribution in [3.8, 4) is 5.75 Å². The van der Waals surface area contributed by atoms with E-state index in [9.17, 15) is 9.90 Å². The Morgan fingerprint density at radius 2 is 2.17 bits per heavy atom. The summed E-state index contributed by atoms with van der Waals surface area (Å²) in [5.74, 6) is 1.19. The first-order valence-corrected chi connectivity index (χ1v) is 11.9. The monoisotopic (exact) mass is 441 g/mol. The topological polar surface area (TPSA) is 84.3 Å². The van der Waals surface area contributed by atoms with E-state index >= 15 is 0 Å². The van der Waals surface area contributed by atoms with E-state index in [1.165, 1.54) is 17.7 Å². The Labute approximate surface area is 183 Å². The first-order chi connectivity index (χ1) is 14.6. The van der Waals surface area contributed by atoms with Crippen LogP contribution in [0.4, 0.5) is 5.82 Å². The Bertz CT molecular complexity index is 996. The van der Waals surface area contributed by atoms with Gasteiger partial charge in [-0.3, -0.25) is 4.79 Å². The maximum atomic E-state index is 13.1. The molecular formula is C22H23N3O3S2. The molecule has 3 aromatic rings. The van der Waals surface area contributed by atoms with Crippen molar-refractivity contribution >= 4 is 34.7 Å². The van der Waals surface area contributed by atoms with Gasteiger partial charge in [0.25, 0.3) is 0 Å². The number of thiophene rings is 1. The van der Waals surface area contributed by atoms with Crippen molar-refractivity contribution in [1.82, 2.24) is 9.97 Å². The highest BCUT2D eigenvalue weighted by Gasteiger charge is 2.33. The third kappa shape index (κ3) is 4.83. The number of carbonyl (C=O) groups is 1. The SMILES string of the molecule is CS[C@@H]1C[C@H](Nc2ncncc2C(=O)c2cc(COc3ccccc3)cs2)C[C@@H]1O. The molecule has 0 amide bonds. The smallest absolute Gasteiger partial charge is 0.208 e. The van der Waals surface area contributed by atoms with Crippen molar-refractivity contribution in [1.29, 1.82) is 0 Å². The van der Waals surface area contributed by atoms with Crippen LogP contribution in [0.15, 0.2) is 54.3 Å². The summed E-state index contributed by atoms with van der Waals surface area (Å²) in [6.45, 7) is 0.403. The van der Waals surface area contributed by atoms with Gasteiger partial charge < -0.3 is 15.2 Å². The molecule has 156 valence electrons. The first-order valence-electron chi connectivity index (χ1n) is 9.71. The molecule has 0 aliphatic heterocycles. The van der Waals surface area contributed by atoms with Gasteiger partial charge in [0, 0.05) is 23.1 Å². The Morgan fingerprint density at radius 3 is 2.93 bits per heavy atom. The molecule has 1 saturated carbocycles. The number of nitrogens with zero attached hydrogens (tertiary/aromatic N) is 2. The molecule has 0 radical (unpaired) electrons. The van der Waals surface area contributed by atoms with Crippen LogP contribution in [0.5, 0.6) is 5.75 Å². The van der Waals surface area contributed by atoms with Crippen LogP contribution < -0.4 is 10.1 Å². The number of aromatic nitrogens is 2. The number of carbonyl (C=O) groups excluding carboxylic acids is 1. The number of anilines is 1. The summed E-state index contributed by atoms with van der Waals surface area (Å²) in [4.78, 5) is 22.1. The zero-order valence-corrected chi connectivity index (χ0v) is 18.2. The largest absolute Gasteiger partial charge is 0.489 e.